The van der Waals surface area contributed by atoms with E-state index in [0.29, 0.717) is 0 Å². The van der Waals surface area contributed by atoms with Gasteiger partial charge in [0.1, 0.15) is 5.60 Å². The van der Waals surface area contributed by atoms with Crippen LogP contribution in [0.2, 0.25) is 0 Å². The molecule has 0 saturated carbocycles. The zero-order chi connectivity index (χ0) is 28.5. The molecule has 39 heavy (non-hydrogen) atoms. The summed E-state index contributed by atoms with van der Waals surface area (Å²) in [7, 11) is 0.998. The summed E-state index contributed by atoms with van der Waals surface area (Å²) in [6, 6.07) is 16.9. The van der Waals surface area contributed by atoms with Crippen LogP contribution in [0.5, 0.6) is 0 Å². The maximum absolute atomic E-state index is 6.23. The first-order valence-electron chi connectivity index (χ1n) is 13.9. The van der Waals surface area contributed by atoms with Crippen LogP contribution in [0.3, 0.4) is 0 Å². The molecule has 2 fully saturated rings. The molecule has 2 aromatic carbocycles. The van der Waals surface area contributed by atoms with Crippen LogP contribution >= 0.6 is 0 Å². The van der Waals surface area contributed by atoms with Crippen LogP contribution in [0.15, 0.2) is 72.8 Å². The van der Waals surface area contributed by atoms with E-state index in [1.165, 1.54) is 5.56 Å². The third-order valence-electron chi connectivity index (χ3n) is 9.64. The second-order valence-electron chi connectivity index (χ2n) is 13.4. The molecular formula is C32H42B2O5. The van der Waals surface area contributed by atoms with E-state index in [0.717, 1.165) is 16.5 Å². The summed E-state index contributed by atoms with van der Waals surface area (Å²) in [6.07, 6.45) is 8.75. The SMILES string of the molecule is COC1(c2ccc(B3OC(C)(C)C(C)(C)O3)cc2)C=CC(C)(c2ccc(B3OC(C)(C)C(C)(C)O3)cc2)C=C1. The average Bonchev–Trinajstić information content (AvgIpc) is 3.24. The second kappa shape index (κ2) is 9.19. The predicted octanol–water partition coefficient (Wildman–Crippen LogP) is 5.21. The van der Waals surface area contributed by atoms with Crippen molar-refractivity contribution in [1.82, 2.24) is 0 Å². The number of ether oxygens (including phenoxy) is 1. The van der Waals surface area contributed by atoms with E-state index < -0.39 is 5.60 Å². The van der Waals surface area contributed by atoms with Gasteiger partial charge in [-0.3, -0.25) is 0 Å². The lowest BCUT2D eigenvalue weighted by Gasteiger charge is -2.35. The lowest BCUT2D eigenvalue weighted by Crippen LogP contribution is -2.41. The van der Waals surface area contributed by atoms with Gasteiger partial charge >= 0.3 is 14.2 Å². The van der Waals surface area contributed by atoms with Crippen LogP contribution in [-0.2, 0) is 34.4 Å². The Kier molecular flexibility index (Phi) is 6.68. The number of methoxy groups -OCH3 is 1. The van der Waals surface area contributed by atoms with Crippen LogP contribution in [0.25, 0.3) is 0 Å². The first-order chi connectivity index (χ1) is 18.0. The Bertz CT molecular complexity index is 1230. The van der Waals surface area contributed by atoms with Gasteiger partial charge in [-0.25, -0.2) is 0 Å². The molecule has 2 aromatic rings. The fraction of sp³-hybridized carbons (Fsp3) is 0.500. The summed E-state index contributed by atoms with van der Waals surface area (Å²) in [5.41, 5.74) is 1.91. The quantitative estimate of drug-likeness (QED) is 0.394. The Balaban J connectivity index is 1.32. The lowest BCUT2D eigenvalue weighted by atomic mass is 9.72. The van der Waals surface area contributed by atoms with Crippen LogP contribution < -0.4 is 10.9 Å². The highest BCUT2D eigenvalue weighted by atomic mass is 16.7. The third-order valence-corrected chi connectivity index (χ3v) is 9.64. The molecule has 2 aliphatic heterocycles. The van der Waals surface area contributed by atoms with Crippen molar-refractivity contribution in [3.05, 3.63) is 84.0 Å². The molecule has 0 N–H and O–H groups in total. The summed E-state index contributed by atoms with van der Waals surface area (Å²) < 4.78 is 31.0. The Morgan fingerprint density at radius 1 is 0.487 bits per heavy atom. The van der Waals surface area contributed by atoms with Crippen molar-refractivity contribution < 1.29 is 23.4 Å². The van der Waals surface area contributed by atoms with Crippen LogP contribution in [-0.4, -0.2) is 43.8 Å². The minimum Gasteiger partial charge on any atom is -0.399 e. The van der Waals surface area contributed by atoms with Gasteiger partial charge in [-0.05, 0) is 96.5 Å². The van der Waals surface area contributed by atoms with Gasteiger partial charge in [-0.1, -0.05) is 60.7 Å². The second-order valence-corrected chi connectivity index (χ2v) is 13.4. The molecule has 2 heterocycles. The first kappa shape index (κ1) is 28.4. The first-order valence-corrected chi connectivity index (χ1v) is 13.9. The van der Waals surface area contributed by atoms with E-state index in [1.54, 1.807) is 7.11 Å². The molecule has 1 aliphatic carbocycles. The Morgan fingerprint density at radius 2 is 0.821 bits per heavy atom. The topological polar surface area (TPSA) is 46.2 Å². The van der Waals surface area contributed by atoms with Gasteiger partial charge in [0.2, 0.25) is 0 Å². The maximum Gasteiger partial charge on any atom is 0.494 e. The number of benzene rings is 2. The number of hydrogen-bond donors (Lipinski definition) is 0. The molecule has 5 rings (SSSR count). The number of hydrogen-bond acceptors (Lipinski definition) is 5. The van der Waals surface area contributed by atoms with Gasteiger partial charge in [-0.15, -0.1) is 0 Å². The molecule has 3 aliphatic rings. The Hall–Kier alpha value is -2.15. The van der Waals surface area contributed by atoms with Crippen molar-refractivity contribution >= 4 is 25.2 Å². The molecule has 0 radical (unpaired) electrons. The normalized spacial score (nSPS) is 30.2. The minimum absolute atomic E-state index is 0.265. The summed E-state index contributed by atoms with van der Waals surface area (Å²) in [5, 5.41) is 0. The summed E-state index contributed by atoms with van der Waals surface area (Å²) in [6.45, 7) is 18.8. The Labute approximate surface area is 235 Å². The van der Waals surface area contributed by atoms with E-state index in [2.05, 4.69) is 135 Å². The van der Waals surface area contributed by atoms with E-state index in [4.69, 9.17) is 23.4 Å². The van der Waals surface area contributed by atoms with Crippen molar-refractivity contribution in [1.29, 1.82) is 0 Å². The standard InChI is InChI=1S/C32H42B2O5/c1-27(2)28(3,4)37-33(36-27)25-15-11-23(12-16-25)31(9)19-21-32(35-10,22-20-31)24-13-17-26(18-14-24)34-38-29(5,6)30(7,8)39-34/h11-22H,1-10H3. The third kappa shape index (κ3) is 4.76. The van der Waals surface area contributed by atoms with Crippen molar-refractivity contribution in [3.63, 3.8) is 0 Å². The molecule has 7 heteroatoms. The van der Waals surface area contributed by atoms with Gasteiger partial charge < -0.3 is 23.4 Å². The summed E-state index contributed by atoms with van der Waals surface area (Å²) in [5.74, 6) is 0. The van der Waals surface area contributed by atoms with Crippen LogP contribution in [0.4, 0.5) is 0 Å². The van der Waals surface area contributed by atoms with Gasteiger partial charge in [0.05, 0.1) is 22.4 Å². The zero-order valence-corrected chi connectivity index (χ0v) is 25.1. The molecule has 0 atom stereocenters. The van der Waals surface area contributed by atoms with Crippen molar-refractivity contribution in [3.8, 4) is 0 Å². The van der Waals surface area contributed by atoms with Crippen molar-refractivity contribution in [2.24, 2.45) is 0 Å². The smallest absolute Gasteiger partial charge is 0.399 e. The molecule has 5 nitrogen and oxygen atoms in total. The van der Waals surface area contributed by atoms with Crippen LogP contribution in [0.1, 0.15) is 73.4 Å². The Morgan fingerprint density at radius 3 is 1.15 bits per heavy atom. The number of allylic oxidation sites excluding steroid dienone is 2. The van der Waals surface area contributed by atoms with Gasteiger partial charge in [0, 0.05) is 12.5 Å². The highest BCUT2D eigenvalue weighted by Crippen LogP contribution is 2.40. The monoisotopic (exact) mass is 528 g/mol. The van der Waals surface area contributed by atoms with Crippen molar-refractivity contribution in [2.45, 2.75) is 95.7 Å². The molecule has 0 spiro atoms. The molecule has 0 unspecified atom stereocenters. The van der Waals surface area contributed by atoms with E-state index in [-0.39, 0.29) is 42.1 Å². The summed E-state index contributed by atoms with van der Waals surface area (Å²) >= 11 is 0. The molecule has 0 bridgehead atoms. The highest BCUT2D eigenvalue weighted by molar-refractivity contribution is 6.62. The van der Waals surface area contributed by atoms with Crippen molar-refractivity contribution in [2.75, 3.05) is 7.11 Å². The van der Waals surface area contributed by atoms with Gasteiger partial charge in [-0.2, -0.15) is 0 Å². The van der Waals surface area contributed by atoms with E-state index in [9.17, 15) is 0 Å². The van der Waals surface area contributed by atoms with Crippen LogP contribution in [0, 0.1) is 0 Å². The lowest BCUT2D eigenvalue weighted by molar-refractivity contribution is 0.00578. The van der Waals surface area contributed by atoms with E-state index >= 15 is 0 Å². The molecule has 2 saturated heterocycles. The summed E-state index contributed by atoms with van der Waals surface area (Å²) in [4.78, 5) is 0. The molecule has 206 valence electrons. The highest BCUT2D eigenvalue weighted by Gasteiger charge is 2.52. The van der Waals surface area contributed by atoms with Gasteiger partial charge in [0.25, 0.3) is 0 Å². The zero-order valence-electron chi connectivity index (χ0n) is 25.1. The largest absolute Gasteiger partial charge is 0.494 e. The van der Waals surface area contributed by atoms with Gasteiger partial charge in [0.15, 0.2) is 0 Å². The molecule has 0 amide bonds. The molecular weight excluding hydrogens is 486 g/mol. The minimum atomic E-state index is -0.642. The fourth-order valence-electron chi connectivity index (χ4n) is 5.20. The molecule has 0 aromatic heterocycles. The fourth-order valence-corrected chi connectivity index (χ4v) is 5.20. The van der Waals surface area contributed by atoms with E-state index in [1.807, 2.05) is 0 Å². The maximum atomic E-state index is 6.23. The predicted molar refractivity (Wildman–Crippen MR) is 159 cm³/mol. The number of rotatable bonds is 5. The average molecular weight is 528 g/mol.